The molecular formula is C13H11NO5S. The molecule has 1 unspecified atom stereocenters. The summed E-state index contributed by atoms with van der Waals surface area (Å²) >= 11 is 0. The first kappa shape index (κ1) is 14.0. The predicted octanol–water partition coefficient (Wildman–Crippen LogP) is 1.38. The minimum absolute atomic E-state index is 0.0195. The standard InChI is InChI=1S/C13H11NO5S/c14-12(15)9-4-2-1-3-8(9)7-20(18)11-6-5-10(19-11)13(16)17/h1-6H,7H2,(H2,14,15)(H,16,17). The zero-order valence-electron chi connectivity index (χ0n) is 10.2. The van der Waals surface area contributed by atoms with Gasteiger partial charge in [0.1, 0.15) is 0 Å². The van der Waals surface area contributed by atoms with Gasteiger partial charge in [0.25, 0.3) is 0 Å². The molecule has 0 aliphatic carbocycles. The van der Waals surface area contributed by atoms with Gasteiger partial charge in [-0.25, -0.2) is 4.79 Å². The monoisotopic (exact) mass is 293 g/mol. The van der Waals surface area contributed by atoms with Crippen LogP contribution in [0.4, 0.5) is 0 Å². The van der Waals surface area contributed by atoms with Gasteiger partial charge >= 0.3 is 5.97 Å². The first-order valence-electron chi connectivity index (χ1n) is 5.58. The number of benzene rings is 1. The quantitative estimate of drug-likeness (QED) is 0.865. The number of hydrogen-bond acceptors (Lipinski definition) is 4. The van der Waals surface area contributed by atoms with Gasteiger partial charge < -0.3 is 15.3 Å². The number of nitrogens with two attached hydrogens (primary N) is 1. The molecule has 20 heavy (non-hydrogen) atoms. The van der Waals surface area contributed by atoms with E-state index in [-0.39, 0.29) is 22.2 Å². The molecule has 0 radical (unpaired) electrons. The summed E-state index contributed by atoms with van der Waals surface area (Å²) in [6.07, 6.45) is 0. The molecule has 6 nitrogen and oxygen atoms in total. The maximum absolute atomic E-state index is 12.1. The second-order valence-electron chi connectivity index (χ2n) is 3.94. The van der Waals surface area contributed by atoms with Crippen molar-refractivity contribution in [3.63, 3.8) is 0 Å². The Morgan fingerprint density at radius 1 is 1.20 bits per heavy atom. The molecule has 104 valence electrons. The zero-order chi connectivity index (χ0) is 14.7. The lowest BCUT2D eigenvalue weighted by Gasteiger charge is -2.04. The van der Waals surface area contributed by atoms with Crippen molar-refractivity contribution in [2.24, 2.45) is 5.73 Å². The van der Waals surface area contributed by atoms with Crippen molar-refractivity contribution in [2.75, 3.05) is 0 Å². The van der Waals surface area contributed by atoms with Gasteiger partial charge in [-0.3, -0.25) is 9.00 Å². The Morgan fingerprint density at radius 3 is 2.50 bits per heavy atom. The van der Waals surface area contributed by atoms with E-state index in [1.54, 1.807) is 24.3 Å². The highest BCUT2D eigenvalue weighted by molar-refractivity contribution is 7.84. The van der Waals surface area contributed by atoms with Crippen molar-refractivity contribution >= 4 is 22.7 Å². The molecule has 7 heteroatoms. The van der Waals surface area contributed by atoms with E-state index in [9.17, 15) is 13.8 Å². The van der Waals surface area contributed by atoms with Gasteiger partial charge in [-0.1, -0.05) is 18.2 Å². The lowest BCUT2D eigenvalue weighted by atomic mass is 10.1. The van der Waals surface area contributed by atoms with E-state index in [4.69, 9.17) is 15.3 Å². The molecule has 2 rings (SSSR count). The number of carboxylic acids is 1. The van der Waals surface area contributed by atoms with E-state index in [0.29, 0.717) is 5.56 Å². The number of carboxylic acid groups (broad SMARTS) is 1. The molecule has 1 amide bonds. The number of aromatic carboxylic acids is 1. The first-order chi connectivity index (χ1) is 9.49. The van der Waals surface area contributed by atoms with Crippen molar-refractivity contribution in [3.05, 3.63) is 53.3 Å². The Balaban J connectivity index is 2.23. The largest absolute Gasteiger partial charge is 0.475 e. The van der Waals surface area contributed by atoms with Crippen LogP contribution < -0.4 is 5.73 Å². The van der Waals surface area contributed by atoms with Crippen LogP contribution in [-0.4, -0.2) is 21.2 Å². The summed E-state index contributed by atoms with van der Waals surface area (Å²) in [5.74, 6) is -2.10. The zero-order valence-corrected chi connectivity index (χ0v) is 11.1. The molecule has 3 N–H and O–H groups in total. The van der Waals surface area contributed by atoms with E-state index in [1.807, 2.05) is 0 Å². The van der Waals surface area contributed by atoms with Crippen molar-refractivity contribution < 1.29 is 23.3 Å². The van der Waals surface area contributed by atoms with Crippen LogP contribution in [0.5, 0.6) is 0 Å². The maximum atomic E-state index is 12.1. The second kappa shape index (κ2) is 5.70. The number of carbonyl (C=O) groups excluding carboxylic acids is 1. The molecule has 1 heterocycles. The highest BCUT2D eigenvalue weighted by Gasteiger charge is 2.16. The molecule has 0 spiro atoms. The van der Waals surface area contributed by atoms with Crippen LogP contribution in [-0.2, 0) is 16.6 Å². The maximum Gasteiger partial charge on any atom is 0.371 e. The van der Waals surface area contributed by atoms with Gasteiger partial charge in [0.15, 0.2) is 5.09 Å². The number of rotatable bonds is 5. The molecule has 0 saturated heterocycles. The van der Waals surface area contributed by atoms with Crippen molar-refractivity contribution in [2.45, 2.75) is 10.8 Å². The van der Waals surface area contributed by atoms with E-state index >= 15 is 0 Å². The van der Waals surface area contributed by atoms with Crippen LogP contribution in [0, 0.1) is 0 Å². The fraction of sp³-hybridized carbons (Fsp3) is 0.0769. The Labute approximate surface area is 116 Å². The fourth-order valence-corrected chi connectivity index (χ4v) is 2.74. The summed E-state index contributed by atoms with van der Waals surface area (Å²) < 4.78 is 17.1. The van der Waals surface area contributed by atoms with Gasteiger partial charge in [0.05, 0.1) is 16.6 Å². The van der Waals surface area contributed by atoms with Crippen molar-refractivity contribution in [1.82, 2.24) is 0 Å². The number of furan rings is 1. The third kappa shape index (κ3) is 2.94. The van der Waals surface area contributed by atoms with E-state index in [1.165, 1.54) is 12.1 Å². The lowest BCUT2D eigenvalue weighted by molar-refractivity contribution is 0.0656. The molecule has 1 aromatic heterocycles. The smallest absolute Gasteiger partial charge is 0.371 e. The predicted molar refractivity (Wildman–Crippen MR) is 70.7 cm³/mol. The minimum atomic E-state index is -1.59. The Bertz CT molecular complexity index is 692. The lowest BCUT2D eigenvalue weighted by Crippen LogP contribution is -2.14. The number of primary amides is 1. The van der Waals surface area contributed by atoms with Crippen LogP contribution >= 0.6 is 0 Å². The minimum Gasteiger partial charge on any atom is -0.475 e. The Morgan fingerprint density at radius 2 is 1.90 bits per heavy atom. The highest BCUT2D eigenvalue weighted by Crippen LogP contribution is 2.18. The summed E-state index contributed by atoms with van der Waals surface area (Å²) in [4.78, 5) is 21.9. The normalized spacial score (nSPS) is 12.0. The highest BCUT2D eigenvalue weighted by atomic mass is 32.2. The summed E-state index contributed by atoms with van der Waals surface area (Å²) in [5, 5.41) is 8.78. The van der Waals surface area contributed by atoms with E-state index in [2.05, 4.69) is 0 Å². The molecule has 2 aromatic rings. The summed E-state index contributed by atoms with van der Waals surface area (Å²) in [5.41, 5.74) is 6.04. The molecule has 1 atom stereocenters. The van der Waals surface area contributed by atoms with Gasteiger partial charge in [0.2, 0.25) is 11.7 Å². The van der Waals surface area contributed by atoms with E-state index < -0.39 is 22.7 Å². The number of amides is 1. The summed E-state index contributed by atoms with van der Waals surface area (Å²) in [6.45, 7) is 0. The Hall–Kier alpha value is -2.41. The van der Waals surface area contributed by atoms with Crippen LogP contribution in [0.2, 0.25) is 0 Å². The molecule has 1 aromatic carbocycles. The number of hydrogen-bond donors (Lipinski definition) is 2. The SMILES string of the molecule is NC(=O)c1ccccc1CS(=O)c1ccc(C(=O)O)o1. The summed E-state index contributed by atoms with van der Waals surface area (Å²) in [7, 11) is -1.59. The summed E-state index contributed by atoms with van der Waals surface area (Å²) in [6, 6.07) is 9.10. The molecule has 0 aliphatic heterocycles. The van der Waals surface area contributed by atoms with Gasteiger partial charge in [-0.15, -0.1) is 0 Å². The van der Waals surface area contributed by atoms with E-state index in [0.717, 1.165) is 0 Å². The van der Waals surface area contributed by atoms with Crippen LogP contribution in [0.15, 0.2) is 45.9 Å². The van der Waals surface area contributed by atoms with Crippen LogP contribution in [0.1, 0.15) is 26.5 Å². The van der Waals surface area contributed by atoms with Gasteiger partial charge in [-0.2, -0.15) is 0 Å². The van der Waals surface area contributed by atoms with Crippen molar-refractivity contribution in [3.8, 4) is 0 Å². The third-order valence-electron chi connectivity index (χ3n) is 2.59. The van der Waals surface area contributed by atoms with Gasteiger partial charge in [-0.05, 0) is 23.8 Å². The molecule has 0 aliphatic rings. The molecule has 0 saturated carbocycles. The molecule has 0 fully saturated rings. The first-order valence-corrected chi connectivity index (χ1v) is 6.90. The van der Waals surface area contributed by atoms with Gasteiger partial charge in [0, 0.05) is 5.56 Å². The molecule has 0 bridgehead atoms. The van der Waals surface area contributed by atoms with Crippen LogP contribution in [0.3, 0.4) is 0 Å². The average Bonchev–Trinajstić information content (AvgIpc) is 2.89. The fourth-order valence-electron chi connectivity index (χ4n) is 1.66. The third-order valence-corrected chi connectivity index (χ3v) is 3.83. The van der Waals surface area contributed by atoms with Crippen LogP contribution in [0.25, 0.3) is 0 Å². The second-order valence-corrected chi connectivity index (χ2v) is 5.32. The topological polar surface area (TPSA) is 111 Å². The average molecular weight is 293 g/mol. The van der Waals surface area contributed by atoms with Crippen molar-refractivity contribution in [1.29, 1.82) is 0 Å². The molecular weight excluding hydrogens is 282 g/mol. The Kier molecular flexibility index (Phi) is 3.99. The number of carbonyl (C=O) groups is 2.